The third kappa shape index (κ3) is 4.01. The minimum atomic E-state index is -0.0732. The van der Waals surface area contributed by atoms with Crippen LogP contribution in [0.5, 0.6) is 11.5 Å². The summed E-state index contributed by atoms with van der Waals surface area (Å²) in [7, 11) is 1.60. The highest BCUT2D eigenvalue weighted by molar-refractivity contribution is 5.94. The van der Waals surface area contributed by atoms with Crippen LogP contribution in [0.1, 0.15) is 12.5 Å². The van der Waals surface area contributed by atoms with Crippen molar-refractivity contribution in [1.29, 1.82) is 0 Å². The van der Waals surface area contributed by atoms with Gasteiger partial charge in [-0.2, -0.15) is 0 Å². The fourth-order valence-corrected chi connectivity index (χ4v) is 2.21. The number of nitrogens with zero attached hydrogens (tertiary/aromatic N) is 1. The number of rotatable bonds is 6. The van der Waals surface area contributed by atoms with E-state index in [1.54, 1.807) is 24.1 Å². The topological polar surface area (TPSA) is 38.8 Å². The molecule has 0 bridgehead atoms. The maximum absolute atomic E-state index is 12.4. The second-order valence-electron chi connectivity index (χ2n) is 4.94. The zero-order valence-corrected chi connectivity index (χ0v) is 13.2. The summed E-state index contributed by atoms with van der Waals surface area (Å²) in [5.41, 5.74) is 2.01. The van der Waals surface area contributed by atoms with Crippen LogP contribution in [0, 0.1) is 6.92 Å². The lowest BCUT2D eigenvalue weighted by atomic mass is 10.2. The second-order valence-corrected chi connectivity index (χ2v) is 4.94. The predicted octanol–water partition coefficient (Wildman–Crippen LogP) is 3.44. The molecule has 0 aliphatic heterocycles. The van der Waals surface area contributed by atoms with Crippen LogP contribution in [0.25, 0.3) is 0 Å². The highest BCUT2D eigenvalue weighted by Gasteiger charge is 2.14. The fourth-order valence-electron chi connectivity index (χ4n) is 2.21. The Bertz CT molecular complexity index is 640. The molecular formula is C18H21NO3. The summed E-state index contributed by atoms with van der Waals surface area (Å²) in [5, 5.41) is 0. The van der Waals surface area contributed by atoms with Gasteiger partial charge in [0.05, 0.1) is 7.11 Å². The van der Waals surface area contributed by atoms with Crippen LogP contribution in [0.4, 0.5) is 5.69 Å². The third-order valence-corrected chi connectivity index (χ3v) is 3.33. The monoisotopic (exact) mass is 299 g/mol. The SMILES string of the molecule is CCN(C(=O)COc1cccc(OC)c1)c1cccc(C)c1. The van der Waals surface area contributed by atoms with Crippen LogP contribution >= 0.6 is 0 Å². The minimum Gasteiger partial charge on any atom is -0.497 e. The molecular weight excluding hydrogens is 278 g/mol. The fraction of sp³-hybridized carbons (Fsp3) is 0.278. The minimum absolute atomic E-state index is 0.00501. The highest BCUT2D eigenvalue weighted by Crippen LogP contribution is 2.20. The lowest BCUT2D eigenvalue weighted by Crippen LogP contribution is -2.34. The van der Waals surface area contributed by atoms with E-state index in [4.69, 9.17) is 9.47 Å². The molecule has 0 radical (unpaired) electrons. The van der Waals surface area contributed by atoms with Gasteiger partial charge in [-0.25, -0.2) is 0 Å². The Hall–Kier alpha value is -2.49. The van der Waals surface area contributed by atoms with Gasteiger partial charge in [0, 0.05) is 18.3 Å². The van der Waals surface area contributed by atoms with Gasteiger partial charge in [-0.3, -0.25) is 4.79 Å². The van der Waals surface area contributed by atoms with Gasteiger partial charge in [-0.15, -0.1) is 0 Å². The Labute approximate surface area is 131 Å². The zero-order chi connectivity index (χ0) is 15.9. The number of carbonyl (C=O) groups excluding carboxylic acids is 1. The number of benzene rings is 2. The standard InChI is InChI=1S/C18H21NO3/c1-4-19(15-8-5-7-14(2)11-15)18(20)13-22-17-10-6-9-16(12-17)21-3/h5-12H,4,13H2,1-3H3. The van der Waals surface area contributed by atoms with Crippen molar-refractivity contribution in [3.63, 3.8) is 0 Å². The molecule has 0 heterocycles. The van der Waals surface area contributed by atoms with Crippen molar-refractivity contribution in [2.45, 2.75) is 13.8 Å². The Morgan fingerprint density at radius 1 is 1.09 bits per heavy atom. The van der Waals surface area contributed by atoms with E-state index in [0.29, 0.717) is 18.0 Å². The number of likely N-dealkylation sites (N-methyl/N-ethyl adjacent to an activating group) is 1. The average molecular weight is 299 g/mol. The van der Waals surface area contributed by atoms with Crippen molar-refractivity contribution in [3.8, 4) is 11.5 Å². The summed E-state index contributed by atoms with van der Waals surface area (Å²) in [6.07, 6.45) is 0. The summed E-state index contributed by atoms with van der Waals surface area (Å²) < 4.78 is 10.7. The number of carbonyl (C=O) groups is 1. The average Bonchev–Trinajstić information content (AvgIpc) is 2.54. The van der Waals surface area contributed by atoms with Crippen molar-refractivity contribution in [3.05, 3.63) is 54.1 Å². The van der Waals surface area contributed by atoms with Gasteiger partial charge < -0.3 is 14.4 Å². The van der Waals surface area contributed by atoms with Crippen LogP contribution in [0.2, 0.25) is 0 Å². The number of hydrogen-bond acceptors (Lipinski definition) is 3. The molecule has 2 rings (SSSR count). The molecule has 0 saturated heterocycles. The molecule has 4 nitrogen and oxygen atoms in total. The summed E-state index contributed by atoms with van der Waals surface area (Å²) >= 11 is 0. The van der Waals surface area contributed by atoms with Gasteiger partial charge in [0.1, 0.15) is 11.5 Å². The smallest absolute Gasteiger partial charge is 0.264 e. The Morgan fingerprint density at radius 2 is 1.82 bits per heavy atom. The largest absolute Gasteiger partial charge is 0.497 e. The molecule has 0 unspecified atom stereocenters. The Balaban J connectivity index is 2.03. The molecule has 4 heteroatoms. The number of aryl methyl sites for hydroxylation is 1. The molecule has 116 valence electrons. The number of anilines is 1. The van der Waals surface area contributed by atoms with Crippen molar-refractivity contribution >= 4 is 11.6 Å². The van der Waals surface area contributed by atoms with E-state index in [1.807, 2.05) is 50.2 Å². The molecule has 0 aliphatic rings. The number of methoxy groups -OCH3 is 1. The second kappa shape index (κ2) is 7.50. The van der Waals surface area contributed by atoms with Gasteiger partial charge in [0.2, 0.25) is 0 Å². The number of amides is 1. The predicted molar refractivity (Wildman–Crippen MR) is 87.7 cm³/mol. The quantitative estimate of drug-likeness (QED) is 0.820. The molecule has 22 heavy (non-hydrogen) atoms. The van der Waals surface area contributed by atoms with Crippen LogP contribution in [-0.2, 0) is 4.79 Å². The van der Waals surface area contributed by atoms with Crippen LogP contribution in [-0.4, -0.2) is 26.2 Å². The van der Waals surface area contributed by atoms with E-state index >= 15 is 0 Å². The highest BCUT2D eigenvalue weighted by atomic mass is 16.5. The van der Waals surface area contributed by atoms with Gasteiger partial charge in [0.15, 0.2) is 6.61 Å². The Kier molecular flexibility index (Phi) is 5.42. The summed E-state index contributed by atoms with van der Waals surface area (Å²) in [5.74, 6) is 1.25. The molecule has 2 aromatic rings. The van der Waals surface area contributed by atoms with Crippen LogP contribution in [0.15, 0.2) is 48.5 Å². The van der Waals surface area contributed by atoms with Gasteiger partial charge in [-0.1, -0.05) is 18.2 Å². The van der Waals surface area contributed by atoms with E-state index in [-0.39, 0.29) is 12.5 Å². The molecule has 0 saturated carbocycles. The lowest BCUT2D eigenvalue weighted by molar-refractivity contribution is -0.120. The van der Waals surface area contributed by atoms with E-state index in [1.165, 1.54) is 0 Å². The van der Waals surface area contributed by atoms with E-state index in [9.17, 15) is 4.79 Å². The number of hydrogen-bond donors (Lipinski definition) is 0. The first kappa shape index (κ1) is 15.9. The molecule has 0 aliphatic carbocycles. The molecule has 0 fully saturated rings. The normalized spacial score (nSPS) is 10.1. The van der Waals surface area contributed by atoms with Crippen molar-refractivity contribution < 1.29 is 14.3 Å². The summed E-state index contributed by atoms with van der Waals surface area (Å²) in [4.78, 5) is 14.1. The van der Waals surface area contributed by atoms with Crippen LogP contribution in [0.3, 0.4) is 0 Å². The molecule has 0 N–H and O–H groups in total. The maximum Gasteiger partial charge on any atom is 0.264 e. The first-order chi connectivity index (χ1) is 10.6. The van der Waals surface area contributed by atoms with Gasteiger partial charge >= 0.3 is 0 Å². The van der Waals surface area contributed by atoms with Crippen molar-refractivity contribution in [2.24, 2.45) is 0 Å². The number of ether oxygens (including phenoxy) is 2. The van der Waals surface area contributed by atoms with Gasteiger partial charge in [-0.05, 0) is 43.7 Å². The van der Waals surface area contributed by atoms with E-state index < -0.39 is 0 Å². The van der Waals surface area contributed by atoms with Gasteiger partial charge in [0.25, 0.3) is 5.91 Å². The first-order valence-electron chi connectivity index (χ1n) is 7.28. The lowest BCUT2D eigenvalue weighted by Gasteiger charge is -2.21. The van der Waals surface area contributed by atoms with Crippen molar-refractivity contribution in [1.82, 2.24) is 0 Å². The zero-order valence-electron chi connectivity index (χ0n) is 13.2. The molecule has 0 aromatic heterocycles. The Morgan fingerprint density at radius 3 is 2.50 bits per heavy atom. The molecule has 0 spiro atoms. The molecule has 2 aromatic carbocycles. The summed E-state index contributed by atoms with van der Waals surface area (Å²) in [6, 6.07) is 15.1. The maximum atomic E-state index is 12.4. The molecule has 1 amide bonds. The van der Waals surface area contributed by atoms with Crippen LogP contribution < -0.4 is 14.4 Å². The van der Waals surface area contributed by atoms with Crippen molar-refractivity contribution in [2.75, 3.05) is 25.2 Å². The van der Waals surface area contributed by atoms with E-state index in [0.717, 1.165) is 11.3 Å². The first-order valence-corrected chi connectivity index (χ1v) is 7.28. The molecule has 0 atom stereocenters. The third-order valence-electron chi connectivity index (χ3n) is 3.33. The van der Waals surface area contributed by atoms with E-state index in [2.05, 4.69) is 0 Å². The summed E-state index contributed by atoms with van der Waals surface area (Å²) in [6.45, 7) is 4.55.